The van der Waals surface area contributed by atoms with Crippen molar-refractivity contribution < 1.29 is 27.5 Å². The summed E-state index contributed by atoms with van der Waals surface area (Å²) < 4.78 is 43.7. The molecule has 1 aromatic heterocycles. The zero-order chi connectivity index (χ0) is 18.0. The lowest BCUT2D eigenvalue weighted by Gasteiger charge is -2.25. The number of carbonyl (C=O) groups excluding carboxylic acids is 1. The maximum Gasteiger partial charge on any atom is 0.416 e. The van der Waals surface area contributed by atoms with Gasteiger partial charge in [-0.3, -0.25) is 4.79 Å². The maximum absolute atomic E-state index is 12.9. The van der Waals surface area contributed by atoms with Gasteiger partial charge in [-0.25, -0.2) is 0 Å². The highest BCUT2D eigenvalue weighted by atomic mass is 19.4. The first-order valence-corrected chi connectivity index (χ1v) is 8.00. The van der Waals surface area contributed by atoms with Crippen molar-refractivity contribution in [3.63, 3.8) is 0 Å². The molecule has 3 rings (SSSR count). The van der Waals surface area contributed by atoms with Gasteiger partial charge in [0, 0.05) is 13.0 Å². The second-order valence-corrected chi connectivity index (χ2v) is 6.21. The number of likely N-dealkylation sites (tertiary alicyclic amines) is 1. The van der Waals surface area contributed by atoms with Crippen LogP contribution in [0.15, 0.2) is 47.3 Å². The highest BCUT2D eigenvalue weighted by Crippen LogP contribution is 2.36. The Balaban J connectivity index is 1.76. The van der Waals surface area contributed by atoms with E-state index >= 15 is 0 Å². The molecular weight excluding hydrogens is 335 g/mol. The van der Waals surface area contributed by atoms with Gasteiger partial charge in [-0.15, -0.1) is 0 Å². The zero-order valence-corrected chi connectivity index (χ0v) is 13.4. The molecule has 1 aliphatic heterocycles. The number of aliphatic hydroxyl groups is 1. The Labute approximate surface area is 142 Å². The summed E-state index contributed by atoms with van der Waals surface area (Å²) in [5.74, 6) is -0.194. The van der Waals surface area contributed by atoms with Crippen LogP contribution in [0.4, 0.5) is 13.2 Å². The number of aliphatic hydroxyl groups excluding tert-OH is 1. The molecule has 1 aromatic carbocycles. The van der Waals surface area contributed by atoms with E-state index in [0.29, 0.717) is 12.0 Å². The molecule has 1 amide bonds. The number of furan rings is 1. The number of hydrogen-bond acceptors (Lipinski definition) is 3. The molecule has 2 heterocycles. The van der Waals surface area contributed by atoms with Crippen molar-refractivity contribution in [3.8, 4) is 0 Å². The summed E-state index contributed by atoms with van der Waals surface area (Å²) in [6, 6.07) is 6.16. The normalized spacial score (nSPS) is 20.9. The lowest BCUT2D eigenvalue weighted by molar-refractivity contribution is -0.137. The van der Waals surface area contributed by atoms with Crippen molar-refractivity contribution in [2.75, 3.05) is 6.54 Å². The highest BCUT2D eigenvalue weighted by molar-refractivity contribution is 5.77. The number of amides is 1. The third kappa shape index (κ3) is 4.04. The standard InChI is InChI=1S/C18H18F3NO3/c19-18(20,21)14-3-1-2-13(8-14)16-9-15(23)10-22(16)17(24)5-4-12-6-7-25-11-12/h1-3,6-8,11,15-16,23H,4-5,9-10H2/t15-,16+/m1/s1. The zero-order valence-electron chi connectivity index (χ0n) is 13.4. The third-order valence-corrected chi connectivity index (χ3v) is 4.41. The average molecular weight is 353 g/mol. The van der Waals surface area contributed by atoms with E-state index in [0.717, 1.165) is 17.7 Å². The van der Waals surface area contributed by atoms with Gasteiger partial charge in [0.25, 0.3) is 0 Å². The number of aryl methyl sites for hydroxylation is 1. The first-order valence-electron chi connectivity index (χ1n) is 8.00. The number of carbonyl (C=O) groups is 1. The minimum atomic E-state index is -4.44. The summed E-state index contributed by atoms with van der Waals surface area (Å²) >= 11 is 0. The topological polar surface area (TPSA) is 53.7 Å². The highest BCUT2D eigenvalue weighted by Gasteiger charge is 2.37. The van der Waals surface area contributed by atoms with Gasteiger partial charge in [-0.2, -0.15) is 13.2 Å². The lowest BCUT2D eigenvalue weighted by atomic mass is 10.0. The molecule has 0 bridgehead atoms. The molecule has 1 aliphatic rings. The third-order valence-electron chi connectivity index (χ3n) is 4.41. The monoisotopic (exact) mass is 353 g/mol. The van der Waals surface area contributed by atoms with Gasteiger partial charge >= 0.3 is 6.18 Å². The molecule has 0 radical (unpaired) electrons. The van der Waals surface area contributed by atoms with E-state index in [2.05, 4.69) is 0 Å². The minimum Gasteiger partial charge on any atom is -0.472 e. The van der Waals surface area contributed by atoms with Crippen molar-refractivity contribution in [1.82, 2.24) is 4.90 Å². The Bertz CT molecular complexity index is 727. The van der Waals surface area contributed by atoms with Crippen molar-refractivity contribution in [1.29, 1.82) is 0 Å². The second kappa shape index (κ2) is 6.92. The Hall–Kier alpha value is -2.28. The van der Waals surface area contributed by atoms with Gasteiger partial charge in [0.1, 0.15) is 0 Å². The summed E-state index contributed by atoms with van der Waals surface area (Å²) in [7, 11) is 0. The van der Waals surface area contributed by atoms with Crippen LogP contribution in [-0.2, 0) is 17.4 Å². The fourth-order valence-electron chi connectivity index (χ4n) is 3.16. The first kappa shape index (κ1) is 17.5. The van der Waals surface area contributed by atoms with Gasteiger partial charge in [0.15, 0.2) is 0 Å². The van der Waals surface area contributed by atoms with E-state index < -0.39 is 23.9 Å². The Morgan fingerprint density at radius 3 is 2.80 bits per heavy atom. The van der Waals surface area contributed by atoms with Crippen LogP contribution in [0.25, 0.3) is 0 Å². The van der Waals surface area contributed by atoms with Crippen LogP contribution in [0.5, 0.6) is 0 Å². The van der Waals surface area contributed by atoms with E-state index in [1.165, 1.54) is 17.2 Å². The molecule has 1 N–H and O–H groups in total. The molecule has 0 saturated carbocycles. The molecule has 1 saturated heterocycles. The molecule has 4 nitrogen and oxygen atoms in total. The fraction of sp³-hybridized carbons (Fsp3) is 0.389. The number of β-amino-alcohol motifs (C(OH)–C–C–N with tert-alkyl or cyclic N) is 1. The Morgan fingerprint density at radius 2 is 2.12 bits per heavy atom. The summed E-state index contributed by atoms with van der Waals surface area (Å²) in [4.78, 5) is 14.0. The van der Waals surface area contributed by atoms with Crippen molar-refractivity contribution in [3.05, 3.63) is 59.5 Å². The minimum absolute atomic E-state index is 0.130. The molecule has 0 unspecified atom stereocenters. The fourth-order valence-corrected chi connectivity index (χ4v) is 3.16. The number of benzene rings is 1. The van der Waals surface area contributed by atoms with Crippen LogP contribution in [0.2, 0.25) is 0 Å². The van der Waals surface area contributed by atoms with Crippen LogP contribution in [0.3, 0.4) is 0 Å². The van der Waals surface area contributed by atoms with Crippen LogP contribution < -0.4 is 0 Å². The molecule has 25 heavy (non-hydrogen) atoms. The predicted octanol–water partition coefficient (Wildman–Crippen LogP) is 3.57. The summed E-state index contributed by atoms with van der Waals surface area (Å²) in [5, 5.41) is 9.93. The van der Waals surface area contributed by atoms with Crippen molar-refractivity contribution >= 4 is 5.91 Å². The summed E-state index contributed by atoms with van der Waals surface area (Å²) in [6.07, 6.45) is -1.18. The van der Waals surface area contributed by atoms with E-state index in [1.807, 2.05) is 0 Å². The maximum atomic E-state index is 12.9. The van der Waals surface area contributed by atoms with Gasteiger partial charge in [0.05, 0.1) is 30.2 Å². The van der Waals surface area contributed by atoms with E-state index in [-0.39, 0.29) is 25.3 Å². The average Bonchev–Trinajstić information content (AvgIpc) is 3.21. The number of nitrogens with zero attached hydrogens (tertiary/aromatic N) is 1. The molecule has 0 aliphatic carbocycles. The summed E-state index contributed by atoms with van der Waals surface area (Å²) in [5.41, 5.74) is 0.518. The Morgan fingerprint density at radius 1 is 1.32 bits per heavy atom. The number of halogens is 3. The quantitative estimate of drug-likeness (QED) is 0.914. The molecule has 2 aromatic rings. The van der Waals surface area contributed by atoms with Gasteiger partial charge in [-0.05, 0) is 42.2 Å². The van der Waals surface area contributed by atoms with Crippen LogP contribution >= 0.6 is 0 Å². The number of hydrogen-bond donors (Lipinski definition) is 1. The summed E-state index contributed by atoms with van der Waals surface area (Å²) in [6.45, 7) is 0.130. The predicted molar refractivity (Wildman–Crippen MR) is 83.6 cm³/mol. The number of alkyl halides is 3. The van der Waals surface area contributed by atoms with Gasteiger partial charge in [-0.1, -0.05) is 12.1 Å². The van der Waals surface area contributed by atoms with E-state index in [9.17, 15) is 23.1 Å². The molecule has 134 valence electrons. The largest absolute Gasteiger partial charge is 0.472 e. The SMILES string of the molecule is O=C(CCc1ccoc1)N1C[C@H](O)C[C@H]1c1cccc(C(F)(F)F)c1. The van der Waals surface area contributed by atoms with Crippen LogP contribution in [-0.4, -0.2) is 28.6 Å². The molecule has 2 atom stereocenters. The van der Waals surface area contributed by atoms with Crippen molar-refractivity contribution in [2.24, 2.45) is 0 Å². The van der Waals surface area contributed by atoms with E-state index in [4.69, 9.17) is 4.42 Å². The molecule has 1 fully saturated rings. The second-order valence-electron chi connectivity index (χ2n) is 6.21. The Kier molecular flexibility index (Phi) is 4.85. The molecule has 7 heteroatoms. The van der Waals surface area contributed by atoms with Gasteiger partial charge < -0.3 is 14.4 Å². The van der Waals surface area contributed by atoms with Crippen molar-refractivity contribution in [2.45, 2.75) is 37.6 Å². The van der Waals surface area contributed by atoms with Crippen LogP contribution in [0, 0.1) is 0 Å². The molecule has 0 spiro atoms. The van der Waals surface area contributed by atoms with Crippen LogP contribution in [0.1, 0.15) is 35.6 Å². The molecular formula is C18H18F3NO3. The van der Waals surface area contributed by atoms with Gasteiger partial charge in [0.2, 0.25) is 5.91 Å². The smallest absolute Gasteiger partial charge is 0.416 e. The number of rotatable bonds is 4. The van der Waals surface area contributed by atoms with E-state index in [1.54, 1.807) is 18.4 Å². The first-order chi connectivity index (χ1) is 11.8. The lowest BCUT2D eigenvalue weighted by Crippen LogP contribution is -2.32.